The van der Waals surface area contributed by atoms with Crippen molar-refractivity contribution in [2.75, 3.05) is 5.75 Å². The second-order valence-electron chi connectivity index (χ2n) is 6.20. The molecule has 1 nitrogen and oxygen atoms in total. The third-order valence-electron chi connectivity index (χ3n) is 4.87. The minimum Gasteiger partial charge on any atom is -0.323 e. The molecule has 1 aliphatic carbocycles. The van der Waals surface area contributed by atoms with Gasteiger partial charge in [0.05, 0.1) is 0 Å². The van der Waals surface area contributed by atoms with Gasteiger partial charge in [-0.2, -0.15) is 23.5 Å². The minimum atomic E-state index is 0.194. The molecule has 0 aromatic heterocycles. The highest BCUT2D eigenvalue weighted by atomic mass is 32.2. The van der Waals surface area contributed by atoms with Gasteiger partial charge in [-0.3, -0.25) is 0 Å². The van der Waals surface area contributed by atoms with Crippen LogP contribution in [0.15, 0.2) is 24.3 Å². The van der Waals surface area contributed by atoms with Crippen molar-refractivity contribution in [3.8, 4) is 0 Å². The Morgan fingerprint density at radius 1 is 1.15 bits per heavy atom. The van der Waals surface area contributed by atoms with Gasteiger partial charge in [0.25, 0.3) is 0 Å². The number of thioether (sulfide) groups is 2. The van der Waals surface area contributed by atoms with Crippen LogP contribution in [0.1, 0.15) is 56.2 Å². The fourth-order valence-electron chi connectivity index (χ4n) is 3.10. The lowest BCUT2D eigenvalue weighted by Crippen LogP contribution is -2.34. The number of hydrogen-bond acceptors (Lipinski definition) is 3. The van der Waals surface area contributed by atoms with E-state index in [1.807, 2.05) is 0 Å². The Balaban J connectivity index is 1.78. The van der Waals surface area contributed by atoms with Crippen LogP contribution < -0.4 is 5.73 Å². The normalized spacial score (nSPS) is 32.6. The number of benzene rings is 1. The molecule has 0 spiro atoms. The fraction of sp³-hybridized carbons (Fsp3) is 0.647. The van der Waals surface area contributed by atoms with Crippen molar-refractivity contribution >= 4 is 23.5 Å². The maximum Gasteiger partial charge on any atom is 0.0426 e. The summed E-state index contributed by atoms with van der Waals surface area (Å²) in [5.74, 6) is 1.96. The number of hydrogen-bond donors (Lipinski definition) is 1. The van der Waals surface area contributed by atoms with E-state index < -0.39 is 0 Å². The first-order valence-electron chi connectivity index (χ1n) is 7.78. The van der Waals surface area contributed by atoms with Crippen LogP contribution in [0.2, 0.25) is 0 Å². The molecule has 1 saturated carbocycles. The lowest BCUT2D eigenvalue weighted by molar-refractivity contribution is 0.415. The van der Waals surface area contributed by atoms with E-state index in [0.717, 1.165) is 11.2 Å². The van der Waals surface area contributed by atoms with Crippen LogP contribution in [0.25, 0.3) is 0 Å². The molecule has 1 aliphatic heterocycles. The summed E-state index contributed by atoms with van der Waals surface area (Å²) >= 11 is 4.19. The molecule has 1 heterocycles. The van der Waals surface area contributed by atoms with Gasteiger partial charge in [-0.15, -0.1) is 0 Å². The summed E-state index contributed by atoms with van der Waals surface area (Å²) in [6.07, 6.45) is 4.09. The Morgan fingerprint density at radius 3 is 2.55 bits per heavy atom. The molecule has 110 valence electrons. The first-order chi connectivity index (χ1) is 9.66. The standard InChI is InChI=1S/C17H25NS2/c1-11-12(2)20-16(10-19-11)17(18)15-9-4-3-8-14(15)13-6-5-7-13/h3-4,8-9,11-13,16-17H,5-7,10,18H2,1-2H3. The zero-order chi connectivity index (χ0) is 14.1. The summed E-state index contributed by atoms with van der Waals surface area (Å²) in [4.78, 5) is 0. The van der Waals surface area contributed by atoms with Crippen molar-refractivity contribution in [1.82, 2.24) is 0 Å². The molecule has 2 N–H and O–H groups in total. The molecule has 0 radical (unpaired) electrons. The molecule has 1 aromatic rings. The van der Waals surface area contributed by atoms with Crippen molar-refractivity contribution < 1.29 is 0 Å². The van der Waals surface area contributed by atoms with E-state index in [0.29, 0.717) is 10.5 Å². The maximum atomic E-state index is 6.66. The van der Waals surface area contributed by atoms with Crippen LogP contribution in [0.3, 0.4) is 0 Å². The second kappa shape index (κ2) is 6.33. The highest BCUT2D eigenvalue weighted by Gasteiger charge is 2.32. The summed E-state index contributed by atoms with van der Waals surface area (Å²) in [6, 6.07) is 9.11. The van der Waals surface area contributed by atoms with Crippen LogP contribution in [0.5, 0.6) is 0 Å². The van der Waals surface area contributed by atoms with Crippen molar-refractivity contribution in [2.45, 2.75) is 60.8 Å². The molecular formula is C17H25NS2. The largest absolute Gasteiger partial charge is 0.323 e. The van der Waals surface area contributed by atoms with E-state index >= 15 is 0 Å². The van der Waals surface area contributed by atoms with Gasteiger partial charge in [0, 0.05) is 27.5 Å². The van der Waals surface area contributed by atoms with Crippen molar-refractivity contribution in [1.29, 1.82) is 0 Å². The average Bonchev–Trinajstić information content (AvgIpc) is 2.40. The summed E-state index contributed by atoms with van der Waals surface area (Å²) < 4.78 is 0. The molecule has 4 unspecified atom stereocenters. The van der Waals surface area contributed by atoms with Gasteiger partial charge in [0.15, 0.2) is 0 Å². The smallest absolute Gasteiger partial charge is 0.0426 e. The van der Waals surface area contributed by atoms with Crippen LogP contribution in [-0.4, -0.2) is 21.5 Å². The predicted molar refractivity (Wildman–Crippen MR) is 92.7 cm³/mol. The molecular weight excluding hydrogens is 282 g/mol. The van der Waals surface area contributed by atoms with Crippen LogP contribution in [0.4, 0.5) is 0 Å². The Morgan fingerprint density at radius 2 is 1.90 bits per heavy atom. The third-order valence-corrected chi connectivity index (χ3v) is 8.39. The van der Waals surface area contributed by atoms with Gasteiger partial charge in [-0.1, -0.05) is 44.5 Å². The zero-order valence-corrected chi connectivity index (χ0v) is 14.1. The Hall–Kier alpha value is -0.120. The lowest BCUT2D eigenvalue weighted by Gasteiger charge is -2.36. The summed E-state index contributed by atoms with van der Waals surface area (Å²) in [5, 5.41) is 2.03. The molecule has 20 heavy (non-hydrogen) atoms. The topological polar surface area (TPSA) is 26.0 Å². The van der Waals surface area contributed by atoms with Crippen molar-refractivity contribution in [3.63, 3.8) is 0 Å². The molecule has 0 bridgehead atoms. The number of nitrogens with two attached hydrogens (primary N) is 1. The predicted octanol–water partition coefficient (Wildman–Crippen LogP) is 4.58. The Kier molecular flexibility index (Phi) is 4.68. The lowest BCUT2D eigenvalue weighted by atomic mass is 9.77. The van der Waals surface area contributed by atoms with Gasteiger partial charge >= 0.3 is 0 Å². The average molecular weight is 308 g/mol. The minimum absolute atomic E-state index is 0.194. The summed E-state index contributed by atoms with van der Waals surface area (Å²) in [5.41, 5.74) is 9.61. The van der Waals surface area contributed by atoms with Crippen LogP contribution in [0, 0.1) is 0 Å². The van der Waals surface area contributed by atoms with E-state index in [4.69, 9.17) is 5.73 Å². The van der Waals surface area contributed by atoms with Gasteiger partial charge in [0.2, 0.25) is 0 Å². The zero-order valence-electron chi connectivity index (χ0n) is 12.4. The molecule has 4 atom stereocenters. The first kappa shape index (κ1) is 14.8. The summed E-state index contributed by atoms with van der Waals surface area (Å²) in [7, 11) is 0. The highest BCUT2D eigenvalue weighted by Crippen LogP contribution is 2.44. The van der Waals surface area contributed by atoms with E-state index in [-0.39, 0.29) is 6.04 Å². The van der Waals surface area contributed by atoms with Gasteiger partial charge < -0.3 is 5.73 Å². The summed E-state index contributed by atoms with van der Waals surface area (Å²) in [6.45, 7) is 4.69. The monoisotopic (exact) mass is 307 g/mol. The molecule has 0 amide bonds. The van der Waals surface area contributed by atoms with Crippen LogP contribution in [-0.2, 0) is 0 Å². The van der Waals surface area contributed by atoms with Gasteiger partial charge in [-0.25, -0.2) is 0 Å². The van der Waals surface area contributed by atoms with Crippen LogP contribution >= 0.6 is 23.5 Å². The Bertz CT molecular complexity index is 458. The first-order valence-corrected chi connectivity index (χ1v) is 9.77. The molecule has 1 saturated heterocycles. The third kappa shape index (κ3) is 2.90. The maximum absolute atomic E-state index is 6.66. The number of rotatable bonds is 3. The van der Waals surface area contributed by atoms with Gasteiger partial charge in [0.1, 0.15) is 0 Å². The fourth-order valence-corrected chi connectivity index (χ4v) is 6.14. The molecule has 2 fully saturated rings. The van der Waals surface area contributed by atoms with Gasteiger partial charge in [-0.05, 0) is 29.9 Å². The second-order valence-corrected chi connectivity index (χ2v) is 9.23. The van der Waals surface area contributed by atoms with E-state index in [1.54, 1.807) is 0 Å². The molecule has 2 aliphatic rings. The molecule has 1 aromatic carbocycles. The van der Waals surface area contributed by atoms with Crippen molar-refractivity contribution in [3.05, 3.63) is 35.4 Å². The van der Waals surface area contributed by atoms with E-state index in [1.165, 1.54) is 36.1 Å². The van der Waals surface area contributed by atoms with E-state index in [9.17, 15) is 0 Å². The SMILES string of the molecule is CC1SCC(C(N)c2ccccc2C2CCC2)SC1C. The Labute approximate surface area is 131 Å². The molecule has 3 heteroatoms. The quantitative estimate of drug-likeness (QED) is 0.885. The van der Waals surface area contributed by atoms with Crippen molar-refractivity contribution in [2.24, 2.45) is 5.73 Å². The van der Waals surface area contributed by atoms with E-state index in [2.05, 4.69) is 61.6 Å². The highest BCUT2D eigenvalue weighted by molar-refractivity contribution is 8.07. The molecule has 3 rings (SSSR count).